The van der Waals surface area contributed by atoms with E-state index in [1.54, 1.807) is 13.8 Å². The van der Waals surface area contributed by atoms with Crippen molar-refractivity contribution in [3.05, 3.63) is 12.7 Å². The van der Waals surface area contributed by atoms with Crippen molar-refractivity contribution in [2.24, 2.45) is 11.7 Å². The van der Waals surface area contributed by atoms with Crippen molar-refractivity contribution in [1.29, 1.82) is 0 Å². The number of aliphatic hydroxyl groups is 3. The minimum absolute atomic E-state index is 0.00829. The molecule has 5 atom stereocenters. The lowest BCUT2D eigenvalue weighted by Crippen LogP contribution is -2.59. The molecule has 8 N–H and O–H groups in total. The van der Waals surface area contributed by atoms with Crippen LogP contribution in [0.3, 0.4) is 0 Å². The lowest BCUT2D eigenvalue weighted by atomic mass is 10.00. The summed E-state index contributed by atoms with van der Waals surface area (Å²) < 4.78 is 6.62. The number of hydrogen-bond acceptors (Lipinski definition) is 11. The fraction of sp³-hybridized carbons (Fsp3) is 0.562. The molecule has 2 aromatic heterocycles. The van der Waals surface area contributed by atoms with Gasteiger partial charge in [0.2, 0.25) is 5.91 Å². The van der Waals surface area contributed by atoms with Gasteiger partial charge in [0.25, 0.3) is 11.6 Å². The molecule has 13 heteroatoms. The maximum atomic E-state index is 13.2. The Hall–Kier alpha value is -2.71. The number of imidazole rings is 1. The van der Waals surface area contributed by atoms with Crippen LogP contribution < -0.4 is 16.8 Å². The number of aromatic nitrogens is 4. The summed E-state index contributed by atoms with van der Waals surface area (Å²) in [6, 6.07) is -1.01. The van der Waals surface area contributed by atoms with E-state index < -0.39 is 48.5 Å². The average molecular weight is 409 g/mol. The number of imide groups is 1. The molecule has 0 spiro atoms. The zero-order chi connectivity index (χ0) is 21.5. The van der Waals surface area contributed by atoms with Crippen LogP contribution in [0.2, 0.25) is 0 Å². The molecular formula is C16H23N7O6. The summed E-state index contributed by atoms with van der Waals surface area (Å²) >= 11 is 0. The molecule has 158 valence electrons. The Bertz CT molecular complexity index is 934. The average Bonchev–Trinajstić information content (AvgIpc) is 3.22. The van der Waals surface area contributed by atoms with Crippen molar-refractivity contribution in [2.75, 3.05) is 12.3 Å². The van der Waals surface area contributed by atoms with Gasteiger partial charge in [0, 0.05) is 0 Å². The topological polar surface area (TPSA) is 212 Å². The van der Waals surface area contributed by atoms with E-state index in [1.807, 2.05) is 0 Å². The number of nitrogen functional groups attached to an aromatic ring is 1. The minimum atomic E-state index is -2.37. The fourth-order valence-corrected chi connectivity index (χ4v) is 3.13. The molecule has 2 aromatic rings. The summed E-state index contributed by atoms with van der Waals surface area (Å²) in [4.78, 5) is 37.3. The third kappa shape index (κ3) is 3.22. The minimum Gasteiger partial charge on any atom is -0.394 e. The quantitative estimate of drug-likeness (QED) is 0.289. The molecule has 3 heterocycles. The molecule has 0 unspecified atom stereocenters. The number of anilines is 1. The van der Waals surface area contributed by atoms with Crippen LogP contribution in [0.1, 0.15) is 13.8 Å². The van der Waals surface area contributed by atoms with Crippen molar-refractivity contribution in [3.8, 4) is 0 Å². The van der Waals surface area contributed by atoms with Gasteiger partial charge in [0.15, 0.2) is 11.5 Å². The maximum absolute atomic E-state index is 13.2. The van der Waals surface area contributed by atoms with Gasteiger partial charge >= 0.3 is 0 Å². The van der Waals surface area contributed by atoms with Crippen LogP contribution in [0.25, 0.3) is 11.2 Å². The molecule has 1 saturated heterocycles. The number of carbonyl (C=O) groups is 2. The van der Waals surface area contributed by atoms with E-state index in [4.69, 9.17) is 16.2 Å². The van der Waals surface area contributed by atoms with Crippen LogP contribution in [0.5, 0.6) is 0 Å². The molecule has 0 aromatic carbocycles. The molecule has 1 aliphatic heterocycles. The number of aliphatic hydroxyl groups excluding tert-OH is 3. The Morgan fingerprint density at radius 1 is 1.34 bits per heavy atom. The van der Waals surface area contributed by atoms with Gasteiger partial charge in [-0.05, 0) is 5.92 Å². The second kappa shape index (κ2) is 7.61. The summed E-state index contributed by atoms with van der Waals surface area (Å²) in [5.74, 6) is -2.18. The molecule has 2 amide bonds. The second-order valence-electron chi connectivity index (χ2n) is 7.10. The first-order valence-corrected chi connectivity index (χ1v) is 8.84. The van der Waals surface area contributed by atoms with Crippen LogP contribution in [-0.4, -0.2) is 77.6 Å². The van der Waals surface area contributed by atoms with Crippen LogP contribution in [-0.2, 0) is 20.1 Å². The zero-order valence-corrected chi connectivity index (χ0v) is 15.8. The molecule has 0 radical (unpaired) electrons. The summed E-state index contributed by atoms with van der Waals surface area (Å²) in [6.45, 7) is 2.69. The van der Waals surface area contributed by atoms with E-state index >= 15 is 0 Å². The first-order chi connectivity index (χ1) is 13.6. The second-order valence-corrected chi connectivity index (χ2v) is 7.10. The van der Waals surface area contributed by atoms with E-state index in [2.05, 4.69) is 20.3 Å². The Labute approximate surface area is 164 Å². The number of hydrogen-bond donors (Lipinski definition) is 6. The molecule has 3 rings (SSSR count). The Morgan fingerprint density at radius 3 is 2.62 bits per heavy atom. The van der Waals surface area contributed by atoms with Crippen LogP contribution >= 0.6 is 0 Å². The Balaban J connectivity index is 2.12. The van der Waals surface area contributed by atoms with Gasteiger partial charge in [-0.3, -0.25) is 19.5 Å². The molecule has 0 saturated carbocycles. The molecule has 13 nitrogen and oxygen atoms in total. The first-order valence-electron chi connectivity index (χ1n) is 8.84. The van der Waals surface area contributed by atoms with Gasteiger partial charge in [0.1, 0.15) is 36.5 Å². The first kappa shape index (κ1) is 21.0. The zero-order valence-electron chi connectivity index (χ0n) is 15.8. The van der Waals surface area contributed by atoms with E-state index in [0.29, 0.717) is 0 Å². The van der Waals surface area contributed by atoms with E-state index in [9.17, 15) is 24.9 Å². The molecule has 0 bridgehead atoms. The molecule has 29 heavy (non-hydrogen) atoms. The third-order valence-corrected chi connectivity index (χ3v) is 4.92. The SMILES string of the molecule is CC(C)[C@H](N)C(=O)NC(=O)[C@@]1(n2cnc3c(N)ncnc32)O[C@H](CO)[C@@H](O)[C@H]1O. The number of nitrogens with two attached hydrogens (primary N) is 2. The van der Waals surface area contributed by atoms with Gasteiger partial charge in [-0.1, -0.05) is 13.8 Å². The Morgan fingerprint density at radius 2 is 2.03 bits per heavy atom. The van der Waals surface area contributed by atoms with Gasteiger partial charge in [-0.2, -0.15) is 0 Å². The Kier molecular flexibility index (Phi) is 5.51. The normalized spacial score (nSPS) is 28.0. The maximum Gasteiger partial charge on any atom is 0.283 e. The number of nitrogens with zero attached hydrogens (tertiary/aromatic N) is 4. The number of amides is 2. The number of carbonyl (C=O) groups excluding carboxylic acids is 2. The molecule has 0 aliphatic carbocycles. The summed E-state index contributed by atoms with van der Waals surface area (Å²) in [6.07, 6.45) is -2.62. The predicted molar refractivity (Wildman–Crippen MR) is 97.6 cm³/mol. The smallest absolute Gasteiger partial charge is 0.283 e. The van der Waals surface area contributed by atoms with Crippen molar-refractivity contribution in [3.63, 3.8) is 0 Å². The highest BCUT2D eigenvalue weighted by atomic mass is 16.6. The van der Waals surface area contributed by atoms with Crippen molar-refractivity contribution >= 4 is 28.8 Å². The van der Waals surface area contributed by atoms with E-state index in [-0.39, 0.29) is 22.9 Å². The highest BCUT2D eigenvalue weighted by molar-refractivity contribution is 6.01. The molecule has 1 fully saturated rings. The van der Waals surface area contributed by atoms with E-state index in [0.717, 1.165) is 17.2 Å². The summed E-state index contributed by atoms with van der Waals surface area (Å²) in [5, 5.41) is 32.6. The largest absolute Gasteiger partial charge is 0.394 e. The number of ether oxygens (including phenoxy) is 1. The third-order valence-electron chi connectivity index (χ3n) is 4.92. The van der Waals surface area contributed by atoms with Gasteiger partial charge < -0.3 is 31.5 Å². The van der Waals surface area contributed by atoms with Crippen molar-refractivity contribution in [2.45, 2.75) is 43.9 Å². The van der Waals surface area contributed by atoms with E-state index in [1.165, 1.54) is 0 Å². The lowest BCUT2D eigenvalue weighted by molar-refractivity contribution is -0.177. The van der Waals surface area contributed by atoms with Gasteiger partial charge in [-0.15, -0.1) is 0 Å². The highest BCUT2D eigenvalue weighted by Gasteiger charge is 2.61. The highest BCUT2D eigenvalue weighted by Crippen LogP contribution is 2.38. The monoisotopic (exact) mass is 409 g/mol. The van der Waals surface area contributed by atoms with Crippen LogP contribution in [0.4, 0.5) is 5.82 Å². The van der Waals surface area contributed by atoms with Crippen molar-refractivity contribution < 1.29 is 29.6 Å². The standard InChI is InChI=1S/C16H23N7O6/c1-6(2)8(17)14(27)22-15(28)16(11(26)10(25)7(3-24)29-16)23-5-21-9-12(18)19-4-20-13(9)23/h4-8,10-11,24-26H,3,17H2,1-2H3,(H2,18,19,20)(H,22,27,28)/t7-,8+,10-,11-,16+/m1/s1. The predicted octanol–water partition coefficient (Wildman–Crippen LogP) is -3.20. The van der Waals surface area contributed by atoms with Crippen LogP contribution in [0.15, 0.2) is 12.7 Å². The fourth-order valence-electron chi connectivity index (χ4n) is 3.13. The molecule has 1 aliphatic rings. The number of nitrogens with one attached hydrogen (secondary N) is 1. The number of rotatable bonds is 5. The van der Waals surface area contributed by atoms with Gasteiger partial charge in [0.05, 0.1) is 12.6 Å². The van der Waals surface area contributed by atoms with Crippen molar-refractivity contribution in [1.82, 2.24) is 24.8 Å². The lowest BCUT2D eigenvalue weighted by Gasteiger charge is -2.32. The number of fused-ring (bicyclic) bond motifs is 1. The summed E-state index contributed by atoms with van der Waals surface area (Å²) in [5.41, 5.74) is 9.31. The summed E-state index contributed by atoms with van der Waals surface area (Å²) in [7, 11) is 0. The van der Waals surface area contributed by atoms with Gasteiger partial charge in [-0.25, -0.2) is 15.0 Å². The molecular weight excluding hydrogens is 386 g/mol. The van der Waals surface area contributed by atoms with Crippen LogP contribution in [0, 0.1) is 5.92 Å².